The summed E-state index contributed by atoms with van der Waals surface area (Å²) in [7, 11) is 0. The Kier molecular flexibility index (Phi) is 4.52. The maximum atomic E-state index is 12.7. The van der Waals surface area contributed by atoms with Crippen LogP contribution in [0.1, 0.15) is 30.6 Å². The fourth-order valence-corrected chi connectivity index (χ4v) is 2.35. The second kappa shape index (κ2) is 6.34. The molecule has 0 aliphatic carbocycles. The molecule has 21 heavy (non-hydrogen) atoms. The molecule has 3 amide bonds. The minimum absolute atomic E-state index is 0.121. The second-order valence-corrected chi connectivity index (χ2v) is 4.72. The standard InChI is InChI=1S/C14H18N4O3/c1-3-11-13(20)17-12(19)8-18(11)14(21)9-7-15-6-5-10(9)16-4-2/h5-7,11H,3-4,8H2,1-2H3,(H,15,16)(H,17,19,20). The first-order chi connectivity index (χ1) is 10.1. The Morgan fingerprint density at radius 1 is 1.48 bits per heavy atom. The monoisotopic (exact) mass is 290 g/mol. The smallest absolute Gasteiger partial charge is 0.258 e. The molecule has 0 bridgehead atoms. The number of hydrogen-bond acceptors (Lipinski definition) is 5. The number of amides is 3. The van der Waals surface area contributed by atoms with E-state index in [0.29, 0.717) is 24.2 Å². The van der Waals surface area contributed by atoms with Crippen molar-refractivity contribution in [3.05, 3.63) is 24.0 Å². The zero-order chi connectivity index (χ0) is 15.4. The highest BCUT2D eigenvalue weighted by atomic mass is 16.2. The largest absolute Gasteiger partial charge is 0.385 e. The van der Waals surface area contributed by atoms with Crippen LogP contribution in [0.3, 0.4) is 0 Å². The number of anilines is 1. The van der Waals surface area contributed by atoms with Gasteiger partial charge in [0.15, 0.2) is 0 Å². The predicted molar refractivity (Wildman–Crippen MR) is 76.7 cm³/mol. The first-order valence-corrected chi connectivity index (χ1v) is 6.91. The summed E-state index contributed by atoms with van der Waals surface area (Å²) >= 11 is 0. The van der Waals surface area contributed by atoms with Gasteiger partial charge >= 0.3 is 0 Å². The zero-order valence-electron chi connectivity index (χ0n) is 12.0. The quantitative estimate of drug-likeness (QED) is 0.783. The SMILES string of the molecule is CCNc1ccncc1C(=O)N1CC(=O)NC(=O)C1CC. The molecule has 1 saturated heterocycles. The van der Waals surface area contributed by atoms with Crippen molar-refractivity contribution in [3.63, 3.8) is 0 Å². The van der Waals surface area contributed by atoms with E-state index < -0.39 is 17.9 Å². The van der Waals surface area contributed by atoms with E-state index in [-0.39, 0.29) is 12.5 Å². The summed E-state index contributed by atoms with van der Waals surface area (Å²) in [5.74, 6) is -1.27. The third kappa shape index (κ3) is 3.01. The van der Waals surface area contributed by atoms with Crippen molar-refractivity contribution in [2.45, 2.75) is 26.3 Å². The van der Waals surface area contributed by atoms with Crippen LogP contribution in [-0.2, 0) is 9.59 Å². The third-order valence-electron chi connectivity index (χ3n) is 3.32. The molecule has 1 atom stereocenters. The van der Waals surface area contributed by atoms with Gasteiger partial charge in [0.25, 0.3) is 5.91 Å². The van der Waals surface area contributed by atoms with Crippen LogP contribution >= 0.6 is 0 Å². The van der Waals surface area contributed by atoms with Gasteiger partial charge in [-0.15, -0.1) is 0 Å². The number of aromatic nitrogens is 1. The molecule has 1 aromatic heterocycles. The molecule has 1 aromatic rings. The molecule has 2 N–H and O–H groups in total. The zero-order valence-corrected chi connectivity index (χ0v) is 12.0. The number of carbonyl (C=O) groups is 3. The normalized spacial score (nSPS) is 18.4. The lowest BCUT2D eigenvalue weighted by Crippen LogP contribution is -2.59. The van der Waals surface area contributed by atoms with Gasteiger partial charge in [-0.05, 0) is 19.4 Å². The summed E-state index contributed by atoms with van der Waals surface area (Å²) in [6.45, 7) is 4.25. The third-order valence-corrected chi connectivity index (χ3v) is 3.32. The lowest BCUT2D eigenvalue weighted by molar-refractivity contribution is -0.138. The van der Waals surface area contributed by atoms with Crippen molar-refractivity contribution in [3.8, 4) is 0 Å². The molecule has 1 unspecified atom stereocenters. The van der Waals surface area contributed by atoms with E-state index in [1.165, 1.54) is 11.1 Å². The fourth-order valence-electron chi connectivity index (χ4n) is 2.35. The predicted octanol–water partition coefficient (Wildman–Crippen LogP) is 0.391. The van der Waals surface area contributed by atoms with E-state index in [9.17, 15) is 14.4 Å². The Morgan fingerprint density at radius 2 is 2.24 bits per heavy atom. The molecular weight excluding hydrogens is 272 g/mol. The van der Waals surface area contributed by atoms with E-state index in [2.05, 4.69) is 15.6 Å². The van der Waals surface area contributed by atoms with Crippen molar-refractivity contribution in [1.82, 2.24) is 15.2 Å². The van der Waals surface area contributed by atoms with Crippen molar-refractivity contribution in [2.75, 3.05) is 18.4 Å². The highest BCUT2D eigenvalue weighted by Crippen LogP contribution is 2.19. The van der Waals surface area contributed by atoms with Crippen molar-refractivity contribution < 1.29 is 14.4 Å². The van der Waals surface area contributed by atoms with Gasteiger partial charge in [-0.25, -0.2) is 0 Å². The molecule has 7 heteroatoms. The summed E-state index contributed by atoms with van der Waals surface area (Å²) in [5.41, 5.74) is 1.01. The Hall–Kier alpha value is -2.44. The Bertz CT molecular complexity index is 573. The summed E-state index contributed by atoms with van der Waals surface area (Å²) < 4.78 is 0. The number of carbonyl (C=O) groups excluding carboxylic acids is 3. The molecule has 2 rings (SSSR count). The lowest BCUT2D eigenvalue weighted by atomic mass is 10.1. The van der Waals surface area contributed by atoms with Gasteiger partial charge in [-0.3, -0.25) is 24.7 Å². The molecule has 112 valence electrons. The van der Waals surface area contributed by atoms with Gasteiger partial charge in [0.05, 0.1) is 11.3 Å². The van der Waals surface area contributed by atoms with Gasteiger partial charge in [0.1, 0.15) is 12.6 Å². The maximum absolute atomic E-state index is 12.7. The van der Waals surface area contributed by atoms with Crippen LogP contribution in [0.5, 0.6) is 0 Å². The summed E-state index contributed by atoms with van der Waals surface area (Å²) in [6.07, 6.45) is 3.48. The van der Waals surface area contributed by atoms with Crippen LogP contribution in [0, 0.1) is 0 Å². The van der Waals surface area contributed by atoms with Crippen molar-refractivity contribution in [1.29, 1.82) is 0 Å². The molecule has 0 aromatic carbocycles. The molecular formula is C14H18N4O3. The Morgan fingerprint density at radius 3 is 2.90 bits per heavy atom. The molecule has 2 heterocycles. The number of pyridine rings is 1. The average molecular weight is 290 g/mol. The molecule has 7 nitrogen and oxygen atoms in total. The van der Waals surface area contributed by atoms with Crippen LogP contribution in [-0.4, -0.2) is 46.7 Å². The molecule has 0 radical (unpaired) electrons. The van der Waals surface area contributed by atoms with E-state index in [4.69, 9.17) is 0 Å². The highest BCUT2D eigenvalue weighted by molar-refractivity contribution is 6.08. The van der Waals surface area contributed by atoms with Gasteiger partial charge in [0.2, 0.25) is 11.8 Å². The van der Waals surface area contributed by atoms with Crippen molar-refractivity contribution in [2.24, 2.45) is 0 Å². The molecule has 0 saturated carbocycles. The first kappa shape index (κ1) is 15.0. The minimum Gasteiger partial charge on any atom is -0.385 e. The molecule has 1 aliphatic rings. The fraction of sp³-hybridized carbons (Fsp3) is 0.429. The number of piperazine rings is 1. The van der Waals surface area contributed by atoms with E-state index >= 15 is 0 Å². The van der Waals surface area contributed by atoms with Crippen LogP contribution in [0.15, 0.2) is 18.5 Å². The summed E-state index contributed by atoms with van der Waals surface area (Å²) in [6, 6.07) is 1.06. The Balaban J connectivity index is 2.33. The topological polar surface area (TPSA) is 91.4 Å². The van der Waals surface area contributed by atoms with Gasteiger partial charge in [0, 0.05) is 18.9 Å². The van der Waals surface area contributed by atoms with Crippen LogP contribution in [0.4, 0.5) is 5.69 Å². The number of imide groups is 1. The molecule has 1 fully saturated rings. The Labute approximate surface area is 122 Å². The minimum atomic E-state index is -0.634. The number of rotatable bonds is 4. The molecule has 0 spiro atoms. The van der Waals surface area contributed by atoms with Crippen LogP contribution in [0.2, 0.25) is 0 Å². The average Bonchev–Trinajstić information content (AvgIpc) is 2.47. The number of nitrogens with zero attached hydrogens (tertiary/aromatic N) is 2. The van der Waals surface area contributed by atoms with Crippen LogP contribution in [0.25, 0.3) is 0 Å². The maximum Gasteiger partial charge on any atom is 0.258 e. The van der Waals surface area contributed by atoms with Gasteiger partial charge < -0.3 is 10.2 Å². The van der Waals surface area contributed by atoms with E-state index in [1.54, 1.807) is 19.2 Å². The second-order valence-electron chi connectivity index (χ2n) is 4.72. The van der Waals surface area contributed by atoms with Crippen LogP contribution < -0.4 is 10.6 Å². The lowest BCUT2D eigenvalue weighted by Gasteiger charge is -2.33. The van der Waals surface area contributed by atoms with E-state index in [0.717, 1.165) is 0 Å². The van der Waals surface area contributed by atoms with Gasteiger partial charge in [-0.2, -0.15) is 0 Å². The van der Waals surface area contributed by atoms with Gasteiger partial charge in [-0.1, -0.05) is 6.92 Å². The first-order valence-electron chi connectivity index (χ1n) is 6.91. The number of nitrogens with one attached hydrogen (secondary N) is 2. The van der Waals surface area contributed by atoms with Crippen molar-refractivity contribution >= 4 is 23.4 Å². The van der Waals surface area contributed by atoms with E-state index in [1.807, 2.05) is 6.92 Å². The highest BCUT2D eigenvalue weighted by Gasteiger charge is 2.36. The summed E-state index contributed by atoms with van der Waals surface area (Å²) in [4.78, 5) is 41.3. The number of hydrogen-bond donors (Lipinski definition) is 2. The summed E-state index contributed by atoms with van der Waals surface area (Å²) in [5, 5.41) is 5.33. The molecule has 1 aliphatic heterocycles.